The fourth-order valence-electron chi connectivity index (χ4n) is 4.87. The molecule has 5 aromatic rings. The van der Waals surface area contributed by atoms with Gasteiger partial charge < -0.3 is 15.0 Å². The van der Waals surface area contributed by atoms with Crippen LogP contribution in [0.15, 0.2) is 91.0 Å². The molecule has 0 aliphatic rings. The van der Waals surface area contributed by atoms with Gasteiger partial charge in [0.2, 0.25) is 0 Å². The zero-order chi connectivity index (χ0) is 23.0. The summed E-state index contributed by atoms with van der Waals surface area (Å²) in [5.41, 5.74) is 13.4. The number of ether oxygens (including phenoxy) is 1. The molecule has 0 saturated heterocycles. The lowest BCUT2D eigenvalue weighted by Crippen LogP contribution is -2.32. The molecule has 0 aliphatic heterocycles. The van der Waals surface area contributed by atoms with Gasteiger partial charge in [0, 0.05) is 22.0 Å². The van der Waals surface area contributed by atoms with Crippen LogP contribution in [0.2, 0.25) is 0 Å². The second-order valence-electron chi connectivity index (χ2n) is 9.03. The summed E-state index contributed by atoms with van der Waals surface area (Å²) in [6.07, 6.45) is 2.04. The number of benzene rings is 4. The molecule has 0 radical (unpaired) electrons. The Balaban J connectivity index is 1.64. The minimum absolute atomic E-state index is 0.304. The molecule has 2 N–H and O–H groups in total. The number of methoxy groups -OCH3 is 1. The van der Waals surface area contributed by atoms with Gasteiger partial charge in [0.1, 0.15) is 5.75 Å². The topological polar surface area (TPSA) is 40.2 Å². The summed E-state index contributed by atoms with van der Waals surface area (Å²) in [7, 11) is 1.69. The van der Waals surface area contributed by atoms with Crippen LogP contribution >= 0.6 is 0 Å². The van der Waals surface area contributed by atoms with E-state index in [1.807, 2.05) is 12.1 Å². The molecule has 4 aromatic carbocycles. The fraction of sp³-hybridized carbons (Fsp3) is 0.200. The van der Waals surface area contributed by atoms with Gasteiger partial charge in [-0.15, -0.1) is 0 Å². The minimum atomic E-state index is -0.304. The summed E-state index contributed by atoms with van der Waals surface area (Å²) < 4.78 is 7.66. The molecule has 33 heavy (non-hydrogen) atoms. The Morgan fingerprint density at radius 1 is 0.788 bits per heavy atom. The van der Waals surface area contributed by atoms with Crippen LogP contribution in [-0.4, -0.2) is 11.7 Å². The maximum Gasteiger partial charge on any atom is 0.118 e. The van der Waals surface area contributed by atoms with E-state index < -0.39 is 0 Å². The first kappa shape index (κ1) is 21.3. The third kappa shape index (κ3) is 3.79. The van der Waals surface area contributed by atoms with Gasteiger partial charge in [-0.05, 0) is 72.5 Å². The second kappa shape index (κ2) is 8.42. The van der Waals surface area contributed by atoms with Gasteiger partial charge in [0.05, 0.1) is 18.1 Å². The lowest BCUT2D eigenvalue weighted by Gasteiger charge is -2.25. The van der Waals surface area contributed by atoms with Crippen LogP contribution in [-0.2, 0) is 5.54 Å². The van der Waals surface area contributed by atoms with Crippen LogP contribution in [0, 0.1) is 0 Å². The zero-order valence-corrected chi connectivity index (χ0v) is 19.5. The molecule has 0 saturated carbocycles. The predicted octanol–water partition coefficient (Wildman–Crippen LogP) is 7.43. The summed E-state index contributed by atoms with van der Waals surface area (Å²) in [4.78, 5) is 0. The third-order valence-electron chi connectivity index (χ3n) is 6.65. The molecule has 1 unspecified atom stereocenters. The first-order valence-electron chi connectivity index (χ1n) is 11.6. The van der Waals surface area contributed by atoms with E-state index in [0.717, 1.165) is 24.3 Å². The molecular formula is C30H30N2O. The van der Waals surface area contributed by atoms with Gasteiger partial charge in [0.25, 0.3) is 0 Å². The highest BCUT2D eigenvalue weighted by Crippen LogP contribution is 2.35. The summed E-state index contributed by atoms with van der Waals surface area (Å²) in [5.74, 6) is 0.868. The Kier molecular flexibility index (Phi) is 5.43. The number of fused-ring (bicyclic) bond motifs is 3. The predicted molar refractivity (Wildman–Crippen MR) is 139 cm³/mol. The summed E-state index contributed by atoms with van der Waals surface area (Å²) in [6.45, 7) is 4.30. The highest BCUT2D eigenvalue weighted by Gasteiger charge is 2.20. The standard InChI is InChI=1S/C30H30N2O/c1-4-19-30(2,31)23-12-14-24(15-13-23)32-28-8-6-5-7-26(28)27-20-22(11-18-29(27)32)21-9-16-25(33-3)17-10-21/h5-18,20H,4,19,31H2,1-3H3. The fourth-order valence-corrected chi connectivity index (χ4v) is 4.87. The van der Waals surface area contributed by atoms with E-state index in [9.17, 15) is 0 Å². The Labute approximate surface area is 195 Å². The highest BCUT2D eigenvalue weighted by atomic mass is 16.5. The number of nitrogens with two attached hydrogens (primary N) is 1. The number of para-hydroxylation sites is 1. The van der Waals surface area contributed by atoms with Crippen LogP contribution < -0.4 is 10.5 Å². The molecule has 1 heterocycles. The minimum Gasteiger partial charge on any atom is -0.497 e. The number of rotatable bonds is 6. The molecule has 3 heteroatoms. The summed E-state index contributed by atoms with van der Waals surface area (Å²) in [6, 6.07) is 32.3. The van der Waals surface area contributed by atoms with E-state index in [1.165, 1.54) is 38.5 Å². The van der Waals surface area contributed by atoms with Crippen molar-refractivity contribution >= 4 is 21.8 Å². The molecule has 1 atom stereocenters. The van der Waals surface area contributed by atoms with Crippen LogP contribution in [0.25, 0.3) is 38.6 Å². The first-order valence-corrected chi connectivity index (χ1v) is 11.6. The molecule has 0 bridgehead atoms. The largest absolute Gasteiger partial charge is 0.497 e. The summed E-state index contributed by atoms with van der Waals surface area (Å²) in [5, 5.41) is 2.50. The molecule has 0 spiro atoms. The molecule has 0 aliphatic carbocycles. The quantitative estimate of drug-likeness (QED) is 0.302. The van der Waals surface area contributed by atoms with Crippen molar-refractivity contribution in [2.75, 3.05) is 7.11 Å². The Morgan fingerprint density at radius 3 is 2.15 bits per heavy atom. The van der Waals surface area contributed by atoms with E-state index in [4.69, 9.17) is 10.5 Å². The maximum atomic E-state index is 6.57. The lowest BCUT2D eigenvalue weighted by molar-refractivity contribution is 0.415. The van der Waals surface area contributed by atoms with Gasteiger partial charge in [-0.25, -0.2) is 0 Å². The van der Waals surface area contributed by atoms with Crippen molar-refractivity contribution in [2.45, 2.75) is 32.2 Å². The number of hydrogen-bond donors (Lipinski definition) is 1. The number of hydrogen-bond acceptors (Lipinski definition) is 2. The molecule has 1 aromatic heterocycles. The van der Waals surface area contributed by atoms with Crippen molar-refractivity contribution in [2.24, 2.45) is 5.73 Å². The van der Waals surface area contributed by atoms with Crippen LogP contribution in [0.4, 0.5) is 0 Å². The van der Waals surface area contributed by atoms with Crippen LogP contribution in [0.1, 0.15) is 32.3 Å². The highest BCUT2D eigenvalue weighted by molar-refractivity contribution is 6.10. The molecule has 0 amide bonds. The Bertz CT molecular complexity index is 1410. The number of aromatic nitrogens is 1. The van der Waals surface area contributed by atoms with Crippen molar-refractivity contribution in [3.05, 3.63) is 96.6 Å². The normalized spacial score (nSPS) is 13.3. The molecule has 5 rings (SSSR count). The average Bonchev–Trinajstić information content (AvgIpc) is 3.18. The Morgan fingerprint density at radius 2 is 1.45 bits per heavy atom. The molecule has 0 fully saturated rings. The third-order valence-corrected chi connectivity index (χ3v) is 6.65. The van der Waals surface area contributed by atoms with Gasteiger partial charge in [-0.3, -0.25) is 0 Å². The van der Waals surface area contributed by atoms with E-state index in [2.05, 4.69) is 97.3 Å². The lowest BCUT2D eigenvalue weighted by atomic mass is 9.89. The smallest absolute Gasteiger partial charge is 0.118 e. The van der Waals surface area contributed by atoms with Crippen LogP contribution in [0.5, 0.6) is 5.75 Å². The second-order valence-corrected chi connectivity index (χ2v) is 9.03. The van der Waals surface area contributed by atoms with Gasteiger partial charge in [-0.2, -0.15) is 0 Å². The van der Waals surface area contributed by atoms with Crippen molar-refractivity contribution in [3.8, 4) is 22.6 Å². The average molecular weight is 435 g/mol. The maximum absolute atomic E-state index is 6.57. The van der Waals surface area contributed by atoms with E-state index in [-0.39, 0.29) is 5.54 Å². The van der Waals surface area contributed by atoms with Crippen molar-refractivity contribution < 1.29 is 4.74 Å². The Hall–Kier alpha value is -3.56. The molecular weight excluding hydrogens is 404 g/mol. The van der Waals surface area contributed by atoms with Gasteiger partial charge in [0.15, 0.2) is 0 Å². The SMILES string of the molecule is CCCC(C)(N)c1ccc(-n2c3ccccc3c3cc(-c4ccc(OC)cc4)ccc32)cc1. The van der Waals surface area contributed by atoms with E-state index in [0.29, 0.717) is 0 Å². The monoisotopic (exact) mass is 434 g/mol. The van der Waals surface area contributed by atoms with Crippen molar-refractivity contribution in [3.63, 3.8) is 0 Å². The zero-order valence-electron chi connectivity index (χ0n) is 19.5. The van der Waals surface area contributed by atoms with Gasteiger partial charge >= 0.3 is 0 Å². The van der Waals surface area contributed by atoms with Crippen molar-refractivity contribution in [1.29, 1.82) is 0 Å². The first-order chi connectivity index (χ1) is 16.0. The van der Waals surface area contributed by atoms with Crippen LogP contribution in [0.3, 0.4) is 0 Å². The van der Waals surface area contributed by atoms with E-state index in [1.54, 1.807) is 7.11 Å². The summed E-state index contributed by atoms with van der Waals surface area (Å²) >= 11 is 0. The molecule has 3 nitrogen and oxygen atoms in total. The van der Waals surface area contributed by atoms with Gasteiger partial charge in [-0.1, -0.05) is 61.9 Å². The van der Waals surface area contributed by atoms with E-state index >= 15 is 0 Å². The number of nitrogens with zero attached hydrogens (tertiary/aromatic N) is 1. The molecule has 166 valence electrons. The van der Waals surface area contributed by atoms with Crippen molar-refractivity contribution in [1.82, 2.24) is 4.57 Å².